The van der Waals surface area contributed by atoms with Crippen LogP contribution in [0.25, 0.3) is 22.5 Å². The van der Waals surface area contributed by atoms with Gasteiger partial charge in [-0.15, -0.1) is 0 Å². The van der Waals surface area contributed by atoms with Gasteiger partial charge in [-0.05, 0) is 52.9 Å². The van der Waals surface area contributed by atoms with Crippen LogP contribution in [0.5, 0.6) is 0 Å². The van der Waals surface area contributed by atoms with Crippen molar-refractivity contribution in [2.75, 3.05) is 13.1 Å². The molecule has 0 aliphatic carbocycles. The normalized spacial score (nSPS) is 14.4. The van der Waals surface area contributed by atoms with E-state index in [-0.39, 0.29) is 11.8 Å². The number of carbonyl (C=O) groups is 1. The van der Waals surface area contributed by atoms with Gasteiger partial charge in [-0.1, -0.05) is 30.3 Å². The molecule has 0 bridgehead atoms. The van der Waals surface area contributed by atoms with Crippen LogP contribution in [0.2, 0.25) is 0 Å². The summed E-state index contributed by atoms with van der Waals surface area (Å²) in [6.45, 7) is 1.52. The molecule has 1 aromatic carbocycles. The number of rotatable bonds is 5. The summed E-state index contributed by atoms with van der Waals surface area (Å²) in [4.78, 5) is 28.6. The fourth-order valence-electron chi connectivity index (χ4n) is 4.26. The molecule has 1 amide bonds. The molecule has 6 heteroatoms. The van der Waals surface area contributed by atoms with Crippen LogP contribution in [0.3, 0.4) is 0 Å². The van der Waals surface area contributed by atoms with Gasteiger partial charge in [0.25, 0.3) is 0 Å². The zero-order valence-electron chi connectivity index (χ0n) is 17.7. The Morgan fingerprint density at radius 3 is 2.53 bits per heavy atom. The predicted molar refractivity (Wildman–Crippen MR) is 127 cm³/mol. The topological polar surface area (TPSA) is 59.0 Å². The van der Waals surface area contributed by atoms with E-state index in [1.807, 2.05) is 52.9 Å². The third-order valence-electron chi connectivity index (χ3n) is 5.99. The van der Waals surface area contributed by atoms with Gasteiger partial charge >= 0.3 is 0 Å². The number of piperidine rings is 1. The van der Waals surface area contributed by atoms with Crippen LogP contribution in [-0.4, -0.2) is 38.8 Å². The highest BCUT2D eigenvalue weighted by atomic mass is 32.1. The molecule has 0 spiro atoms. The van der Waals surface area contributed by atoms with Gasteiger partial charge in [0.1, 0.15) is 0 Å². The summed E-state index contributed by atoms with van der Waals surface area (Å²) in [6.07, 6.45) is 7.78. The molecule has 0 N–H and O–H groups in total. The van der Waals surface area contributed by atoms with Gasteiger partial charge in [0.05, 0.1) is 12.1 Å². The first-order valence-corrected chi connectivity index (χ1v) is 11.8. The number of nitrogens with zero attached hydrogens (tertiary/aromatic N) is 4. The number of aromatic nitrogens is 3. The zero-order chi connectivity index (χ0) is 21.8. The van der Waals surface area contributed by atoms with Gasteiger partial charge in [0, 0.05) is 48.7 Å². The van der Waals surface area contributed by atoms with Crippen molar-refractivity contribution in [3.63, 3.8) is 0 Å². The Morgan fingerprint density at radius 1 is 1.00 bits per heavy atom. The molecule has 32 heavy (non-hydrogen) atoms. The van der Waals surface area contributed by atoms with E-state index in [9.17, 15) is 4.79 Å². The number of likely N-dealkylation sites (tertiary alicyclic amines) is 1. The average Bonchev–Trinajstić information content (AvgIpc) is 3.38. The van der Waals surface area contributed by atoms with Crippen molar-refractivity contribution >= 4 is 17.2 Å². The van der Waals surface area contributed by atoms with Crippen molar-refractivity contribution < 1.29 is 4.79 Å². The number of pyridine rings is 1. The molecule has 4 heterocycles. The van der Waals surface area contributed by atoms with Gasteiger partial charge in [-0.25, -0.2) is 9.97 Å². The number of carbonyl (C=O) groups excluding carboxylic acids is 1. The standard InChI is InChI=1S/C26H24N4OS/c31-24(15-19-10-14-32-18-19)30-12-8-21(9-13-30)25-23(20-5-2-1-3-6-20)17-28-26(29-25)22-7-4-11-27-16-22/h1-7,10-11,14,16-18,21H,8-9,12-13,15H2. The van der Waals surface area contributed by atoms with Crippen LogP contribution in [0, 0.1) is 0 Å². The largest absolute Gasteiger partial charge is 0.342 e. The average molecular weight is 441 g/mol. The second-order valence-corrected chi connectivity index (χ2v) is 8.84. The summed E-state index contributed by atoms with van der Waals surface area (Å²) < 4.78 is 0. The van der Waals surface area contributed by atoms with Crippen LogP contribution in [-0.2, 0) is 11.2 Å². The summed E-state index contributed by atoms with van der Waals surface area (Å²) in [6, 6.07) is 16.2. The first-order chi connectivity index (χ1) is 15.8. The Morgan fingerprint density at radius 2 is 1.81 bits per heavy atom. The number of thiophene rings is 1. The molecule has 1 aliphatic heterocycles. The lowest BCUT2D eigenvalue weighted by Gasteiger charge is -2.32. The zero-order valence-corrected chi connectivity index (χ0v) is 18.5. The van der Waals surface area contributed by atoms with Gasteiger partial charge in [0.15, 0.2) is 5.82 Å². The molecule has 5 rings (SSSR count). The lowest BCUT2D eigenvalue weighted by molar-refractivity contribution is -0.131. The SMILES string of the molecule is O=C(Cc1ccsc1)N1CCC(c2nc(-c3cccnc3)ncc2-c2ccccc2)CC1. The lowest BCUT2D eigenvalue weighted by Crippen LogP contribution is -2.39. The number of amides is 1. The second-order valence-electron chi connectivity index (χ2n) is 8.06. The van der Waals surface area contributed by atoms with E-state index in [0.717, 1.165) is 53.9 Å². The van der Waals surface area contributed by atoms with Crippen LogP contribution < -0.4 is 0 Å². The van der Waals surface area contributed by atoms with Gasteiger partial charge < -0.3 is 4.90 Å². The molecule has 0 saturated carbocycles. The monoisotopic (exact) mass is 440 g/mol. The maximum atomic E-state index is 12.7. The van der Waals surface area contributed by atoms with Crippen molar-refractivity contribution in [3.05, 3.63) is 89.1 Å². The minimum Gasteiger partial charge on any atom is -0.342 e. The molecule has 1 fully saturated rings. The molecular formula is C26H24N4OS. The number of hydrogen-bond donors (Lipinski definition) is 0. The van der Waals surface area contributed by atoms with Gasteiger partial charge in [-0.3, -0.25) is 9.78 Å². The molecule has 160 valence electrons. The highest BCUT2D eigenvalue weighted by molar-refractivity contribution is 7.08. The quantitative estimate of drug-likeness (QED) is 0.427. The number of benzene rings is 1. The van der Waals surface area contributed by atoms with Crippen molar-refractivity contribution in [1.82, 2.24) is 19.9 Å². The van der Waals surface area contributed by atoms with Crippen molar-refractivity contribution in [3.8, 4) is 22.5 Å². The first kappa shape index (κ1) is 20.5. The van der Waals surface area contributed by atoms with Gasteiger partial charge in [0.2, 0.25) is 5.91 Å². The van der Waals surface area contributed by atoms with E-state index in [2.05, 4.69) is 27.5 Å². The molecule has 5 nitrogen and oxygen atoms in total. The van der Waals surface area contributed by atoms with Crippen LogP contribution in [0.15, 0.2) is 77.9 Å². The summed E-state index contributed by atoms with van der Waals surface area (Å²) in [5.41, 5.74) is 5.27. The molecule has 0 radical (unpaired) electrons. The van der Waals surface area contributed by atoms with Crippen LogP contribution in [0.4, 0.5) is 0 Å². The fraction of sp³-hybridized carbons (Fsp3) is 0.231. The maximum Gasteiger partial charge on any atom is 0.227 e. The molecule has 1 saturated heterocycles. The summed E-state index contributed by atoms with van der Waals surface area (Å²) in [5.74, 6) is 1.20. The van der Waals surface area contributed by atoms with E-state index in [1.165, 1.54) is 0 Å². The minimum absolute atomic E-state index is 0.212. The van der Waals surface area contributed by atoms with Crippen molar-refractivity contribution in [1.29, 1.82) is 0 Å². The van der Waals surface area contributed by atoms with E-state index in [0.29, 0.717) is 12.2 Å². The molecule has 1 aliphatic rings. The smallest absolute Gasteiger partial charge is 0.227 e. The Kier molecular flexibility index (Phi) is 6.03. The van der Waals surface area contributed by atoms with E-state index in [1.54, 1.807) is 23.7 Å². The van der Waals surface area contributed by atoms with Crippen LogP contribution >= 0.6 is 11.3 Å². The summed E-state index contributed by atoms with van der Waals surface area (Å²) in [7, 11) is 0. The first-order valence-electron chi connectivity index (χ1n) is 10.9. The molecule has 0 atom stereocenters. The predicted octanol–water partition coefficient (Wildman–Crippen LogP) is 5.22. The van der Waals surface area contributed by atoms with E-state index < -0.39 is 0 Å². The van der Waals surface area contributed by atoms with Crippen molar-refractivity contribution in [2.45, 2.75) is 25.2 Å². The number of hydrogen-bond acceptors (Lipinski definition) is 5. The maximum absolute atomic E-state index is 12.7. The third-order valence-corrected chi connectivity index (χ3v) is 6.72. The second kappa shape index (κ2) is 9.40. The molecular weight excluding hydrogens is 416 g/mol. The highest BCUT2D eigenvalue weighted by Crippen LogP contribution is 2.35. The van der Waals surface area contributed by atoms with Gasteiger partial charge in [-0.2, -0.15) is 11.3 Å². The van der Waals surface area contributed by atoms with E-state index >= 15 is 0 Å². The summed E-state index contributed by atoms with van der Waals surface area (Å²) >= 11 is 1.64. The summed E-state index contributed by atoms with van der Waals surface area (Å²) in [5, 5.41) is 4.08. The molecule has 0 unspecified atom stereocenters. The molecule has 3 aromatic heterocycles. The van der Waals surface area contributed by atoms with E-state index in [4.69, 9.17) is 4.98 Å². The lowest BCUT2D eigenvalue weighted by atomic mass is 9.88. The van der Waals surface area contributed by atoms with Crippen molar-refractivity contribution in [2.24, 2.45) is 0 Å². The Bertz CT molecular complexity index is 1170. The third kappa shape index (κ3) is 4.46. The molecule has 4 aromatic rings. The van der Waals surface area contributed by atoms with Crippen LogP contribution in [0.1, 0.15) is 30.0 Å². The Labute approximate surface area is 191 Å². The highest BCUT2D eigenvalue weighted by Gasteiger charge is 2.27. The fourth-order valence-corrected chi connectivity index (χ4v) is 4.93. The Hall–Kier alpha value is -3.38. The Balaban J connectivity index is 1.40. The minimum atomic E-state index is 0.212.